The lowest BCUT2D eigenvalue weighted by Gasteiger charge is -2.17. The van der Waals surface area contributed by atoms with Gasteiger partial charge in [0, 0.05) is 18.4 Å². The van der Waals surface area contributed by atoms with Gasteiger partial charge in [0.25, 0.3) is 5.91 Å². The lowest BCUT2D eigenvalue weighted by molar-refractivity contribution is -0.121. The van der Waals surface area contributed by atoms with Gasteiger partial charge in [-0.2, -0.15) is 0 Å². The molecule has 118 valence electrons. The van der Waals surface area contributed by atoms with Gasteiger partial charge in [-0.25, -0.2) is 9.78 Å². The molecule has 1 aliphatic heterocycles. The molecular formula is C16H12Cl2N2O3. The number of hydrogen-bond acceptors (Lipinski definition) is 4. The minimum Gasteiger partial charge on any atom is -0.452 e. The number of carbonyl (C=O) groups is 2. The maximum atomic E-state index is 12.3. The molecule has 0 saturated carbocycles. The molecule has 1 aliphatic rings. The van der Waals surface area contributed by atoms with Crippen LogP contribution in [0.25, 0.3) is 0 Å². The SMILES string of the molecule is O=C(OCC(=O)N1CCc2ccccc21)c1cnc(Cl)c(Cl)c1. The number of fused-ring (bicyclic) bond motifs is 1. The zero-order valence-electron chi connectivity index (χ0n) is 12.0. The molecule has 7 heteroatoms. The van der Waals surface area contributed by atoms with Crippen molar-refractivity contribution in [3.63, 3.8) is 0 Å². The Morgan fingerprint density at radius 1 is 1.26 bits per heavy atom. The first-order chi connectivity index (χ1) is 11.1. The Hall–Kier alpha value is -2.11. The van der Waals surface area contributed by atoms with E-state index in [1.54, 1.807) is 4.90 Å². The highest BCUT2D eigenvalue weighted by molar-refractivity contribution is 6.41. The van der Waals surface area contributed by atoms with Crippen LogP contribution in [0.5, 0.6) is 0 Å². The van der Waals surface area contributed by atoms with E-state index in [0.29, 0.717) is 6.54 Å². The summed E-state index contributed by atoms with van der Waals surface area (Å²) in [4.78, 5) is 29.6. The second-order valence-electron chi connectivity index (χ2n) is 5.00. The highest BCUT2D eigenvalue weighted by Crippen LogP contribution is 2.27. The summed E-state index contributed by atoms with van der Waals surface area (Å²) in [5.41, 5.74) is 2.12. The fourth-order valence-corrected chi connectivity index (χ4v) is 2.69. The predicted molar refractivity (Wildman–Crippen MR) is 87.0 cm³/mol. The van der Waals surface area contributed by atoms with Crippen molar-refractivity contribution in [2.24, 2.45) is 0 Å². The highest BCUT2D eigenvalue weighted by atomic mass is 35.5. The van der Waals surface area contributed by atoms with Gasteiger partial charge in [-0.15, -0.1) is 0 Å². The number of rotatable bonds is 3. The number of anilines is 1. The van der Waals surface area contributed by atoms with Crippen molar-refractivity contribution in [3.05, 3.63) is 57.8 Å². The van der Waals surface area contributed by atoms with Crippen LogP contribution in [0.2, 0.25) is 10.2 Å². The van der Waals surface area contributed by atoms with E-state index in [-0.39, 0.29) is 28.3 Å². The molecule has 2 heterocycles. The summed E-state index contributed by atoms with van der Waals surface area (Å²) in [7, 11) is 0. The van der Waals surface area contributed by atoms with Gasteiger partial charge >= 0.3 is 5.97 Å². The highest BCUT2D eigenvalue weighted by Gasteiger charge is 2.25. The molecule has 0 unspecified atom stereocenters. The predicted octanol–water partition coefficient (Wildman–Crippen LogP) is 3.13. The number of nitrogens with zero attached hydrogens (tertiary/aromatic N) is 2. The van der Waals surface area contributed by atoms with Gasteiger partial charge < -0.3 is 9.64 Å². The summed E-state index contributed by atoms with van der Waals surface area (Å²) in [5.74, 6) is -0.937. The molecule has 0 spiro atoms. The molecule has 23 heavy (non-hydrogen) atoms. The Kier molecular flexibility index (Phi) is 4.50. The molecule has 5 nitrogen and oxygen atoms in total. The van der Waals surface area contributed by atoms with Gasteiger partial charge in [-0.05, 0) is 24.1 Å². The second kappa shape index (κ2) is 6.56. The molecule has 2 aromatic rings. The van der Waals surface area contributed by atoms with Crippen LogP contribution in [0, 0.1) is 0 Å². The molecule has 0 aliphatic carbocycles. The maximum Gasteiger partial charge on any atom is 0.340 e. The molecule has 1 amide bonds. The fraction of sp³-hybridized carbons (Fsp3) is 0.188. The first kappa shape index (κ1) is 15.8. The van der Waals surface area contributed by atoms with Crippen LogP contribution in [-0.2, 0) is 16.0 Å². The second-order valence-corrected chi connectivity index (χ2v) is 5.76. The van der Waals surface area contributed by atoms with Crippen LogP contribution >= 0.6 is 23.2 Å². The Bertz CT molecular complexity index is 780. The monoisotopic (exact) mass is 350 g/mol. The number of aromatic nitrogens is 1. The van der Waals surface area contributed by atoms with Crippen LogP contribution in [-0.4, -0.2) is 30.0 Å². The normalized spacial score (nSPS) is 12.9. The van der Waals surface area contributed by atoms with Gasteiger partial charge in [0.1, 0.15) is 5.15 Å². The minimum atomic E-state index is -0.670. The molecular weight excluding hydrogens is 339 g/mol. The number of esters is 1. The van der Waals surface area contributed by atoms with Crippen LogP contribution in [0.3, 0.4) is 0 Å². The third kappa shape index (κ3) is 3.30. The van der Waals surface area contributed by atoms with Gasteiger partial charge in [0.15, 0.2) is 6.61 Å². The van der Waals surface area contributed by atoms with E-state index in [0.717, 1.165) is 17.7 Å². The molecule has 0 fully saturated rings. The zero-order chi connectivity index (χ0) is 16.4. The Morgan fingerprint density at radius 2 is 2.04 bits per heavy atom. The van der Waals surface area contributed by atoms with E-state index in [2.05, 4.69) is 4.98 Å². The van der Waals surface area contributed by atoms with Gasteiger partial charge in [0.05, 0.1) is 10.6 Å². The van der Waals surface area contributed by atoms with Crippen LogP contribution < -0.4 is 4.90 Å². The van der Waals surface area contributed by atoms with Gasteiger partial charge in [0.2, 0.25) is 0 Å². The van der Waals surface area contributed by atoms with Crippen molar-refractivity contribution in [2.45, 2.75) is 6.42 Å². The van der Waals surface area contributed by atoms with E-state index in [4.69, 9.17) is 27.9 Å². The summed E-state index contributed by atoms with van der Waals surface area (Å²) in [6.45, 7) is 0.247. The average Bonchev–Trinajstić information content (AvgIpc) is 2.99. The number of pyridine rings is 1. The van der Waals surface area contributed by atoms with Crippen molar-refractivity contribution >= 4 is 40.8 Å². The number of para-hydroxylation sites is 1. The summed E-state index contributed by atoms with van der Waals surface area (Å²) in [5, 5.41) is 0.258. The standard InChI is InChI=1S/C16H12Cl2N2O3/c17-12-7-11(8-19-15(12)18)16(22)23-9-14(21)20-6-5-10-3-1-2-4-13(10)20/h1-4,7-8H,5-6,9H2. The Balaban J connectivity index is 1.63. The summed E-state index contributed by atoms with van der Waals surface area (Å²) >= 11 is 11.5. The lowest BCUT2D eigenvalue weighted by atomic mass is 10.2. The van der Waals surface area contributed by atoms with Crippen LogP contribution in [0.1, 0.15) is 15.9 Å². The maximum absolute atomic E-state index is 12.3. The third-order valence-electron chi connectivity index (χ3n) is 3.55. The Morgan fingerprint density at radius 3 is 2.83 bits per heavy atom. The van der Waals surface area contributed by atoms with Crippen molar-refractivity contribution in [1.29, 1.82) is 0 Å². The minimum absolute atomic E-state index is 0.105. The third-order valence-corrected chi connectivity index (χ3v) is 4.23. The molecule has 0 N–H and O–H groups in total. The number of benzene rings is 1. The van der Waals surface area contributed by atoms with Crippen LogP contribution in [0.4, 0.5) is 5.69 Å². The molecule has 1 aromatic carbocycles. The molecule has 1 aromatic heterocycles. The summed E-state index contributed by atoms with van der Waals surface area (Å²) in [6, 6.07) is 9.03. The topological polar surface area (TPSA) is 59.5 Å². The zero-order valence-corrected chi connectivity index (χ0v) is 13.5. The summed E-state index contributed by atoms with van der Waals surface area (Å²) in [6.07, 6.45) is 2.05. The first-order valence-corrected chi connectivity index (χ1v) is 7.68. The smallest absolute Gasteiger partial charge is 0.340 e. The number of ether oxygens (including phenoxy) is 1. The molecule has 0 saturated heterocycles. The van der Waals surface area contributed by atoms with E-state index >= 15 is 0 Å². The van der Waals surface area contributed by atoms with Crippen molar-refractivity contribution in [1.82, 2.24) is 4.98 Å². The quantitative estimate of drug-likeness (QED) is 0.630. The number of hydrogen-bond donors (Lipinski definition) is 0. The molecule has 3 rings (SSSR count). The van der Waals surface area contributed by atoms with Crippen molar-refractivity contribution in [2.75, 3.05) is 18.1 Å². The first-order valence-electron chi connectivity index (χ1n) is 6.92. The number of amides is 1. The van der Waals surface area contributed by atoms with Crippen LogP contribution in [0.15, 0.2) is 36.5 Å². The lowest BCUT2D eigenvalue weighted by Crippen LogP contribution is -2.33. The molecule has 0 radical (unpaired) electrons. The largest absolute Gasteiger partial charge is 0.452 e. The molecule has 0 bridgehead atoms. The van der Waals surface area contributed by atoms with Gasteiger partial charge in [-0.1, -0.05) is 41.4 Å². The van der Waals surface area contributed by atoms with Crippen molar-refractivity contribution in [3.8, 4) is 0 Å². The van der Waals surface area contributed by atoms with E-state index in [1.807, 2.05) is 24.3 Å². The van der Waals surface area contributed by atoms with E-state index < -0.39 is 5.97 Å². The molecule has 0 atom stereocenters. The number of halogens is 2. The Labute approximate surface area is 142 Å². The van der Waals surface area contributed by atoms with Crippen molar-refractivity contribution < 1.29 is 14.3 Å². The van der Waals surface area contributed by atoms with Gasteiger partial charge in [-0.3, -0.25) is 4.79 Å². The van der Waals surface area contributed by atoms with E-state index in [1.165, 1.54) is 12.3 Å². The van der Waals surface area contributed by atoms with E-state index in [9.17, 15) is 9.59 Å². The fourth-order valence-electron chi connectivity index (χ4n) is 2.42. The number of carbonyl (C=O) groups excluding carboxylic acids is 2. The summed E-state index contributed by atoms with van der Waals surface area (Å²) < 4.78 is 5.04. The average molecular weight is 351 g/mol.